The van der Waals surface area contributed by atoms with Crippen molar-refractivity contribution in [3.05, 3.63) is 29.3 Å². The Labute approximate surface area is 113 Å². The number of rotatable bonds is 4. The maximum absolute atomic E-state index is 11.0. The van der Waals surface area contributed by atoms with E-state index in [0.29, 0.717) is 5.92 Å². The molecule has 2 aliphatic rings. The average molecular weight is 260 g/mol. The van der Waals surface area contributed by atoms with Crippen LogP contribution < -0.4 is 4.74 Å². The number of aliphatic carboxylic acids is 1. The number of carbonyl (C=O) groups is 1. The molecule has 1 fully saturated rings. The van der Waals surface area contributed by atoms with Gasteiger partial charge in [-0.1, -0.05) is 12.1 Å². The molecule has 1 atom stereocenters. The van der Waals surface area contributed by atoms with Gasteiger partial charge in [-0.3, -0.25) is 4.79 Å². The number of hydrogen-bond acceptors (Lipinski definition) is 2. The monoisotopic (exact) mass is 260 g/mol. The normalized spacial score (nSPS) is 21.6. The second-order valence-corrected chi connectivity index (χ2v) is 6.45. The van der Waals surface area contributed by atoms with E-state index in [9.17, 15) is 4.79 Å². The van der Waals surface area contributed by atoms with E-state index in [1.807, 2.05) is 12.1 Å². The first-order valence-corrected chi connectivity index (χ1v) is 6.98. The van der Waals surface area contributed by atoms with Crippen LogP contribution in [-0.2, 0) is 11.2 Å². The van der Waals surface area contributed by atoms with Crippen LogP contribution in [0.3, 0.4) is 0 Å². The molecule has 0 bridgehead atoms. The summed E-state index contributed by atoms with van der Waals surface area (Å²) in [5.41, 5.74) is 2.26. The van der Waals surface area contributed by atoms with E-state index in [2.05, 4.69) is 19.9 Å². The third-order valence-corrected chi connectivity index (χ3v) is 4.10. The third-order valence-electron chi connectivity index (χ3n) is 4.10. The van der Waals surface area contributed by atoms with Gasteiger partial charge >= 0.3 is 5.97 Å². The smallest absolute Gasteiger partial charge is 0.303 e. The Balaban J connectivity index is 1.87. The van der Waals surface area contributed by atoms with Crippen molar-refractivity contribution in [3.63, 3.8) is 0 Å². The summed E-state index contributed by atoms with van der Waals surface area (Å²) in [6, 6.07) is 6.22. The zero-order valence-corrected chi connectivity index (χ0v) is 11.5. The maximum atomic E-state index is 11.0. The van der Waals surface area contributed by atoms with Gasteiger partial charge in [-0.25, -0.2) is 0 Å². The molecule has 1 unspecified atom stereocenters. The van der Waals surface area contributed by atoms with Crippen LogP contribution in [0, 0.1) is 5.92 Å². The van der Waals surface area contributed by atoms with Crippen LogP contribution in [-0.4, -0.2) is 16.7 Å². The minimum atomic E-state index is -0.700. The van der Waals surface area contributed by atoms with Crippen molar-refractivity contribution in [2.45, 2.75) is 51.0 Å². The highest BCUT2D eigenvalue weighted by molar-refractivity contribution is 5.68. The van der Waals surface area contributed by atoms with Crippen LogP contribution in [0.15, 0.2) is 18.2 Å². The summed E-state index contributed by atoms with van der Waals surface area (Å²) >= 11 is 0. The highest BCUT2D eigenvalue weighted by Crippen LogP contribution is 2.46. The number of fused-ring (bicyclic) bond motifs is 1. The topological polar surface area (TPSA) is 46.5 Å². The summed E-state index contributed by atoms with van der Waals surface area (Å²) in [6.45, 7) is 4.17. The number of benzene rings is 1. The van der Waals surface area contributed by atoms with Crippen LogP contribution >= 0.6 is 0 Å². The molecule has 19 heavy (non-hydrogen) atoms. The highest BCUT2D eigenvalue weighted by Gasteiger charge is 2.35. The van der Waals surface area contributed by atoms with Gasteiger partial charge in [-0.05, 0) is 55.7 Å². The van der Waals surface area contributed by atoms with Crippen LogP contribution in [0.4, 0.5) is 0 Å². The van der Waals surface area contributed by atoms with Gasteiger partial charge in [0.1, 0.15) is 11.4 Å². The number of hydrogen-bond donors (Lipinski definition) is 1. The van der Waals surface area contributed by atoms with Gasteiger partial charge in [0.2, 0.25) is 0 Å². The lowest BCUT2D eigenvalue weighted by molar-refractivity contribution is -0.137. The molecule has 0 aromatic heterocycles. The lowest BCUT2D eigenvalue weighted by Gasteiger charge is -2.16. The van der Waals surface area contributed by atoms with Crippen molar-refractivity contribution in [1.29, 1.82) is 0 Å². The molecule has 1 saturated carbocycles. The predicted molar refractivity (Wildman–Crippen MR) is 72.6 cm³/mol. The van der Waals surface area contributed by atoms with E-state index in [0.717, 1.165) is 25.0 Å². The molecule has 1 aliphatic carbocycles. The highest BCUT2D eigenvalue weighted by atomic mass is 16.5. The molecular formula is C16H20O3. The van der Waals surface area contributed by atoms with Gasteiger partial charge in [0.25, 0.3) is 0 Å². The molecule has 0 radical (unpaired) electrons. The SMILES string of the molecule is CC1(C)Cc2cc(C(CC(=O)O)C3CC3)ccc2O1. The molecule has 1 aliphatic heterocycles. The summed E-state index contributed by atoms with van der Waals surface area (Å²) in [5, 5.41) is 9.07. The van der Waals surface area contributed by atoms with Crippen LogP contribution in [0.25, 0.3) is 0 Å². The first-order valence-electron chi connectivity index (χ1n) is 6.98. The Morgan fingerprint density at radius 2 is 2.21 bits per heavy atom. The van der Waals surface area contributed by atoms with E-state index >= 15 is 0 Å². The van der Waals surface area contributed by atoms with Gasteiger partial charge in [0, 0.05) is 6.42 Å². The van der Waals surface area contributed by atoms with Crippen LogP contribution in [0.1, 0.15) is 50.2 Å². The third kappa shape index (κ3) is 2.60. The Bertz CT molecular complexity index is 515. The minimum Gasteiger partial charge on any atom is -0.487 e. The van der Waals surface area contributed by atoms with Gasteiger partial charge in [0.15, 0.2) is 0 Å². The van der Waals surface area contributed by atoms with Crippen molar-refractivity contribution in [2.75, 3.05) is 0 Å². The minimum absolute atomic E-state index is 0.136. The number of carboxylic acid groups (broad SMARTS) is 1. The molecule has 1 aromatic carbocycles. The summed E-state index contributed by atoms with van der Waals surface area (Å²) in [5.74, 6) is 0.989. The standard InChI is InChI=1S/C16H20O3/c1-16(2)9-12-7-11(5-6-14(12)19-16)13(8-15(17)18)10-3-4-10/h5-7,10,13H,3-4,8-9H2,1-2H3,(H,17,18). The summed E-state index contributed by atoms with van der Waals surface area (Å²) in [7, 11) is 0. The second-order valence-electron chi connectivity index (χ2n) is 6.45. The lowest BCUT2D eigenvalue weighted by Crippen LogP contribution is -2.24. The molecular weight excluding hydrogens is 240 g/mol. The Morgan fingerprint density at radius 1 is 1.47 bits per heavy atom. The van der Waals surface area contributed by atoms with Gasteiger partial charge in [0.05, 0.1) is 6.42 Å². The summed E-state index contributed by atoms with van der Waals surface area (Å²) < 4.78 is 5.87. The first kappa shape index (κ1) is 12.5. The summed E-state index contributed by atoms with van der Waals surface area (Å²) in [4.78, 5) is 11.0. The van der Waals surface area contributed by atoms with E-state index in [-0.39, 0.29) is 17.9 Å². The van der Waals surface area contributed by atoms with E-state index in [1.54, 1.807) is 0 Å². The molecule has 0 amide bonds. The Kier molecular flexibility index (Phi) is 2.80. The molecule has 1 heterocycles. The van der Waals surface area contributed by atoms with Gasteiger partial charge in [-0.2, -0.15) is 0 Å². The Hall–Kier alpha value is -1.51. The van der Waals surface area contributed by atoms with E-state index < -0.39 is 5.97 Å². The number of carboxylic acids is 1. The van der Waals surface area contributed by atoms with Crippen molar-refractivity contribution < 1.29 is 14.6 Å². The molecule has 0 spiro atoms. The van der Waals surface area contributed by atoms with E-state index in [1.165, 1.54) is 11.1 Å². The van der Waals surface area contributed by atoms with Crippen molar-refractivity contribution in [2.24, 2.45) is 5.92 Å². The zero-order valence-electron chi connectivity index (χ0n) is 11.5. The molecule has 3 heteroatoms. The van der Waals surface area contributed by atoms with Crippen LogP contribution in [0.5, 0.6) is 5.75 Å². The number of ether oxygens (including phenoxy) is 1. The molecule has 1 N–H and O–H groups in total. The first-order chi connectivity index (χ1) is 8.94. The van der Waals surface area contributed by atoms with Crippen molar-refractivity contribution in [3.8, 4) is 5.75 Å². The predicted octanol–water partition coefficient (Wildman–Crippen LogP) is 3.37. The van der Waals surface area contributed by atoms with Gasteiger partial charge < -0.3 is 9.84 Å². The van der Waals surface area contributed by atoms with Gasteiger partial charge in [-0.15, -0.1) is 0 Å². The zero-order chi connectivity index (χ0) is 13.6. The molecule has 1 aromatic rings. The largest absolute Gasteiger partial charge is 0.487 e. The second kappa shape index (κ2) is 4.26. The average Bonchev–Trinajstić information content (AvgIpc) is 3.07. The van der Waals surface area contributed by atoms with E-state index in [4.69, 9.17) is 9.84 Å². The Morgan fingerprint density at radius 3 is 2.84 bits per heavy atom. The lowest BCUT2D eigenvalue weighted by atomic mass is 9.89. The fraction of sp³-hybridized carbons (Fsp3) is 0.562. The molecule has 102 valence electrons. The summed E-state index contributed by atoms with van der Waals surface area (Å²) in [6.07, 6.45) is 3.47. The molecule has 3 rings (SSSR count). The molecule has 3 nitrogen and oxygen atoms in total. The fourth-order valence-corrected chi connectivity index (χ4v) is 3.10. The fourth-order valence-electron chi connectivity index (χ4n) is 3.10. The maximum Gasteiger partial charge on any atom is 0.303 e. The molecule has 0 saturated heterocycles. The van der Waals surface area contributed by atoms with Crippen molar-refractivity contribution >= 4 is 5.97 Å². The quantitative estimate of drug-likeness (QED) is 0.902. The van der Waals surface area contributed by atoms with Crippen LogP contribution in [0.2, 0.25) is 0 Å². The van der Waals surface area contributed by atoms with Crippen molar-refractivity contribution in [1.82, 2.24) is 0 Å².